The Kier molecular flexibility index (Phi) is 2.40. The first kappa shape index (κ1) is 8.67. The first-order valence-corrected chi connectivity index (χ1v) is 3.59. The Bertz CT molecular complexity index is 314. The van der Waals surface area contributed by atoms with E-state index in [4.69, 9.17) is 23.1 Å². The fourth-order valence-electron chi connectivity index (χ4n) is 0.769. The number of nitrogens with one attached hydrogen (secondary N) is 1. The summed E-state index contributed by atoms with van der Waals surface area (Å²) in [6.45, 7) is 0. The summed E-state index contributed by atoms with van der Waals surface area (Å²) >= 11 is 5.65. The number of carbonyl (C=O) groups excluding carboxylic acids is 1. The van der Waals surface area contributed by atoms with Crippen molar-refractivity contribution >= 4 is 29.0 Å². The number of amides is 2. The van der Waals surface area contributed by atoms with Crippen molar-refractivity contribution in [1.82, 2.24) is 0 Å². The van der Waals surface area contributed by atoms with Gasteiger partial charge in [0.2, 0.25) is 0 Å². The van der Waals surface area contributed by atoms with Crippen LogP contribution in [0.3, 0.4) is 0 Å². The number of hydrogen-bond donors (Lipinski definition) is 3. The van der Waals surface area contributed by atoms with E-state index in [1.807, 2.05) is 0 Å². The smallest absolute Gasteiger partial charge is 0.316 e. The largest absolute Gasteiger partial charge is 0.397 e. The predicted octanol–water partition coefficient (Wildman–Crippen LogP) is 1.41. The number of anilines is 2. The predicted molar refractivity (Wildman–Crippen MR) is 49.1 cm³/mol. The third-order valence-electron chi connectivity index (χ3n) is 1.27. The minimum atomic E-state index is -0.663. The molecular weight excluding hydrogens is 178 g/mol. The zero-order chi connectivity index (χ0) is 9.14. The van der Waals surface area contributed by atoms with E-state index in [2.05, 4.69) is 5.32 Å². The molecule has 2 amide bonds. The summed E-state index contributed by atoms with van der Waals surface area (Å²) in [6, 6.07) is 4.09. The highest BCUT2D eigenvalue weighted by atomic mass is 35.5. The zero-order valence-electron chi connectivity index (χ0n) is 6.17. The second-order valence-corrected chi connectivity index (χ2v) is 2.66. The van der Waals surface area contributed by atoms with E-state index in [-0.39, 0.29) is 0 Å². The number of halogens is 1. The van der Waals surface area contributed by atoms with Gasteiger partial charge in [-0.15, -0.1) is 0 Å². The van der Waals surface area contributed by atoms with Gasteiger partial charge >= 0.3 is 6.03 Å². The average molecular weight is 186 g/mol. The van der Waals surface area contributed by atoms with Crippen molar-refractivity contribution in [2.75, 3.05) is 11.1 Å². The molecule has 0 aliphatic heterocycles. The van der Waals surface area contributed by atoms with Gasteiger partial charge in [-0.25, -0.2) is 4.79 Å². The standard InChI is InChI=1S/C7H8ClN3O/c8-4-1-2-5(9)6(3-4)11-7(10)12/h1-3H,9H2,(H3,10,11,12). The van der Waals surface area contributed by atoms with E-state index >= 15 is 0 Å². The van der Waals surface area contributed by atoms with E-state index in [1.54, 1.807) is 12.1 Å². The third-order valence-corrected chi connectivity index (χ3v) is 1.51. The molecule has 1 rings (SSSR count). The Labute approximate surface area is 74.5 Å². The molecule has 5 N–H and O–H groups in total. The SMILES string of the molecule is NC(=O)Nc1cc(Cl)ccc1N. The molecule has 0 aliphatic rings. The fraction of sp³-hybridized carbons (Fsp3) is 0. The summed E-state index contributed by atoms with van der Waals surface area (Å²) in [7, 11) is 0. The summed E-state index contributed by atoms with van der Waals surface area (Å²) in [5.41, 5.74) is 11.3. The topological polar surface area (TPSA) is 81.1 Å². The van der Waals surface area contributed by atoms with Crippen LogP contribution in [0.25, 0.3) is 0 Å². The zero-order valence-corrected chi connectivity index (χ0v) is 6.93. The summed E-state index contributed by atoms with van der Waals surface area (Å²) in [5, 5.41) is 2.84. The van der Waals surface area contributed by atoms with Crippen molar-refractivity contribution in [2.24, 2.45) is 5.73 Å². The molecule has 0 atom stereocenters. The van der Waals surface area contributed by atoms with Crippen LogP contribution in [0.4, 0.5) is 16.2 Å². The highest BCUT2D eigenvalue weighted by Gasteiger charge is 2.01. The number of urea groups is 1. The van der Waals surface area contributed by atoms with Gasteiger partial charge in [0.05, 0.1) is 11.4 Å². The second-order valence-electron chi connectivity index (χ2n) is 2.22. The molecule has 64 valence electrons. The third kappa shape index (κ3) is 2.03. The Hall–Kier alpha value is -1.42. The van der Waals surface area contributed by atoms with E-state index in [9.17, 15) is 4.79 Å². The lowest BCUT2D eigenvalue weighted by atomic mass is 10.3. The lowest BCUT2D eigenvalue weighted by Gasteiger charge is -2.04. The minimum Gasteiger partial charge on any atom is -0.397 e. The molecule has 1 aromatic carbocycles. The van der Waals surface area contributed by atoms with Gasteiger partial charge in [-0.2, -0.15) is 0 Å². The molecule has 0 saturated carbocycles. The van der Waals surface area contributed by atoms with Gasteiger partial charge < -0.3 is 16.8 Å². The number of nitrogens with two attached hydrogens (primary N) is 2. The minimum absolute atomic E-state index is 0.426. The van der Waals surface area contributed by atoms with Crippen molar-refractivity contribution in [3.05, 3.63) is 23.2 Å². The maximum Gasteiger partial charge on any atom is 0.316 e. The molecule has 0 fully saturated rings. The van der Waals surface area contributed by atoms with E-state index in [1.165, 1.54) is 6.07 Å². The van der Waals surface area contributed by atoms with Crippen LogP contribution in [0.2, 0.25) is 5.02 Å². The van der Waals surface area contributed by atoms with Crippen LogP contribution in [-0.2, 0) is 0 Å². The lowest BCUT2D eigenvalue weighted by molar-refractivity contribution is 0.259. The molecule has 0 saturated heterocycles. The fourth-order valence-corrected chi connectivity index (χ4v) is 0.942. The van der Waals surface area contributed by atoms with Crippen LogP contribution in [0, 0.1) is 0 Å². The number of nitrogen functional groups attached to an aromatic ring is 1. The highest BCUT2D eigenvalue weighted by molar-refractivity contribution is 6.31. The molecule has 4 nitrogen and oxygen atoms in total. The maximum atomic E-state index is 10.4. The van der Waals surface area contributed by atoms with Gasteiger partial charge in [0.1, 0.15) is 0 Å². The molecule has 1 aromatic rings. The Balaban J connectivity index is 2.97. The quantitative estimate of drug-likeness (QED) is 0.579. The van der Waals surface area contributed by atoms with Crippen LogP contribution in [0.15, 0.2) is 18.2 Å². The number of benzene rings is 1. The van der Waals surface area contributed by atoms with Crippen LogP contribution < -0.4 is 16.8 Å². The first-order valence-electron chi connectivity index (χ1n) is 3.21. The Morgan fingerprint density at radius 1 is 1.50 bits per heavy atom. The van der Waals surface area contributed by atoms with Gasteiger partial charge in [-0.05, 0) is 18.2 Å². The van der Waals surface area contributed by atoms with Gasteiger partial charge in [0.25, 0.3) is 0 Å². The summed E-state index contributed by atoms with van der Waals surface area (Å²) < 4.78 is 0. The maximum absolute atomic E-state index is 10.4. The number of hydrogen-bond acceptors (Lipinski definition) is 2. The first-order chi connectivity index (χ1) is 5.59. The Morgan fingerprint density at radius 3 is 2.75 bits per heavy atom. The van der Waals surface area contributed by atoms with Gasteiger partial charge in [-0.3, -0.25) is 0 Å². The molecule has 0 unspecified atom stereocenters. The molecule has 0 aliphatic carbocycles. The summed E-state index contributed by atoms with van der Waals surface area (Å²) in [6.07, 6.45) is 0. The van der Waals surface area contributed by atoms with Gasteiger partial charge in [0.15, 0.2) is 0 Å². The highest BCUT2D eigenvalue weighted by Crippen LogP contribution is 2.22. The van der Waals surface area contributed by atoms with Crippen LogP contribution in [-0.4, -0.2) is 6.03 Å². The Morgan fingerprint density at radius 2 is 2.17 bits per heavy atom. The van der Waals surface area contributed by atoms with Crippen LogP contribution in [0.5, 0.6) is 0 Å². The van der Waals surface area contributed by atoms with Crippen molar-refractivity contribution in [2.45, 2.75) is 0 Å². The number of carbonyl (C=O) groups is 1. The molecule has 12 heavy (non-hydrogen) atoms. The van der Waals surface area contributed by atoms with Gasteiger partial charge in [-0.1, -0.05) is 11.6 Å². The second kappa shape index (κ2) is 3.32. The van der Waals surface area contributed by atoms with E-state index < -0.39 is 6.03 Å². The van der Waals surface area contributed by atoms with Crippen LogP contribution >= 0.6 is 11.6 Å². The molecule has 0 radical (unpaired) electrons. The molecule has 0 spiro atoms. The monoisotopic (exact) mass is 185 g/mol. The van der Waals surface area contributed by atoms with E-state index in [0.29, 0.717) is 16.4 Å². The van der Waals surface area contributed by atoms with Crippen LogP contribution in [0.1, 0.15) is 0 Å². The summed E-state index contributed by atoms with van der Waals surface area (Å²) in [5.74, 6) is 0. The molecule has 5 heteroatoms. The molecule has 0 bridgehead atoms. The molecular formula is C7H8ClN3O. The van der Waals surface area contributed by atoms with Crippen molar-refractivity contribution < 1.29 is 4.79 Å². The lowest BCUT2D eigenvalue weighted by Crippen LogP contribution is -2.19. The van der Waals surface area contributed by atoms with Crippen molar-refractivity contribution in [3.63, 3.8) is 0 Å². The molecule has 0 heterocycles. The van der Waals surface area contributed by atoms with Gasteiger partial charge in [0, 0.05) is 5.02 Å². The summed E-state index contributed by atoms with van der Waals surface area (Å²) in [4.78, 5) is 10.4. The molecule has 0 aromatic heterocycles. The number of primary amides is 1. The average Bonchev–Trinajstić information content (AvgIpc) is 1.96. The number of rotatable bonds is 1. The van der Waals surface area contributed by atoms with E-state index in [0.717, 1.165) is 0 Å². The normalized spacial score (nSPS) is 9.42. The van der Waals surface area contributed by atoms with Crippen molar-refractivity contribution in [1.29, 1.82) is 0 Å². The van der Waals surface area contributed by atoms with Crippen molar-refractivity contribution in [3.8, 4) is 0 Å².